The molecule has 4 heteroatoms. The van der Waals surface area contributed by atoms with E-state index in [2.05, 4.69) is 22.1 Å². The monoisotopic (exact) mass is 237 g/mol. The van der Waals surface area contributed by atoms with Crippen LogP contribution in [0.2, 0.25) is 0 Å². The first-order valence-electron chi connectivity index (χ1n) is 6.07. The van der Waals surface area contributed by atoms with Crippen LogP contribution in [0.3, 0.4) is 0 Å². The van der Waals surface area contributed by atoms with Crippen molar-refractivity contribution in [3.05, 3.63) is 30.1 Å². The van der Waals surface area contributed by atoms with Gasteiger partial charge < -0.3 is 15.0 Å². The molecule has 0 fully saturated rings. The molecule has 0 aliphatic carbocycles. The van der Waals surface area contributed by atoms with Gasteiger partial charge in [0.25, 0.3) is 0 Å². The fourth-order valence-electron chi connectivity index (χ4n) is 1.43. The molecule has 4 nitrogen and oxygen atoms in total. The third-order valence-electron chi connectivity index (χ3n) is 2.51. The maximum absolute atomic E-state index is 5.51. The second kappa shape index (κ2) is 8.17. The Kier molecular flexibility index (Phi) is 6.77. The Bertz CT molecular complexity index is 290. The second-order valence-electron chi connectivity index (χ2n) is 4.35. The molecule has 1 aromatic heterocycles. The Morgan fingerprint density at radius 1 is 1.35 bits per heavy atom. The van der Waals surface area contributed by atoms with Crippen LogP contribution in [0.25, 0.3) is 0 Å². The van der Waals surface area contributed by atoms with Crippen LogP contribution in [0.5, 0.6) is 0 Å². The molecule has 0 aliphatic rings. The predicted molar refractivity (Wildman–Crippen MR) is 70.0 cm³/mol. The van der Waals surface area contributed by atoms with Gasteiger partial charge in [0.05, 0.1) is 18.9 Å². The van der Waals surface area contributed by atoms with Gasteiger partial charge in [-0.2, -0.15) is 0 Å². The smallest absolute Gasteiger partial charge is 0.0593 e. The number of hydrogen-bond donors (Lipinski definition) is 1. The third-order valence-corrected chi connectivity index (χ3v) is 2.51. The molecule has 96 valence electrons. The Hall–Kier alpha value is -0.970. The largest absolute Gasteiger partial charge is 0.379 e. The highest BCUT2D eigenvalue weighted by Gasteiger charge is 2.04. The highest BCUT2D eigenvalue weighted by atomic mass is 16.5. The topological polar surface area (TPSA) is 37.4 Å². The van der Waals surface area contributed by atoms with Gasteiger partial charge >= 0.3 is 0 Å². The molecule has 1 atom stereocenters. The average Bonchev–Trinajstić information content (AvgIpc) is 2.34. The molecule has 0 saturated carbocycles. The maximum atomic E-state index is 5.51. The lowest BCUT2D eigenvalue weighted by Gasteiger charge is -2.14. The lowest BCUT2D eigenvalue weighted by atomic mass is 10.2. The molecule has 0 bridgehead atoms. The Balaban J connectivity index is 2.07. The third kappa shape index (κ3) is 6.36. The number of pyridine rings is 1. The SMILES string of the molecule is CC(NCCOCCN(C)C)c1ccccn1. The van der Waals surface area contributed by atoms with E-state index in [0.29, 0.717) is 0 Å². The molecule has 17 heavy (non-hydrogen) atoms. The van der Waals surface area contributed by atoms with Crippen molar-refractivity contribution in [3.8, 4) is 0 Å². The number of nitrogens with one attached hydrogen (secondary N) is 1. The standard InChI is InChI=1S/C13H23N3O/c1-12(13-6-4-5-7-15-13)14-8-10-17-11-9-16(2)3/h4-7,12,14H,8-11H2,1-3H3. The predicted octanol–water partition coefficient (Wildman–Crippen LogP) is 1.31. The van der Waals surface area contributed by atoms with Crippen LogP contribution in [0.4, 0.5) is 0 Å². The van der Waals surface area contributed by atoms with Gasteiger partial charge in [-0.3, -0.25) is 4.98 Å². The zero-order valence-electron chi connectivity index (χ0n) is 11.0. The molecule has 0 saturated heterocycles. The van der Waals surface area contributed by atoms with E-state index in [1.807, 2.05) is 38.5 Å². The van der Waals surface area contributed by atoms with E-state index in [9.17, 15) is 0 Å². The minimum Gasteiger partial charge on any atom is -0.379 e. The average molecular weight is 237 g/mol. The van der Waals surface area contributed by atoms with Crippen molar-refractivity contribution in [2.24, 2.45) is 0 Å². The van der Waals surface area contributed by atoms with Gasteiger partial charge in [-0.05, 0) is 33.2 Å². The summed E-state index contributed by atoms with van der Waals surface area (Å²) in [7, 11) is 4.09. The highest BCUT2D eigenvalue weighted by molar-refractivity contribution is 5.07. The van der Waals surface area contributed by atoms with E-state index in [1.165, 1.54) is 0 Å². The van der Waals surface area contributed by atoms with Crippen LogP contribution in [-0.4, -0.2) is 50.3 Å². The molecular formula is C13H23N3O. The fourth-order valence-corrected chi connectivity index (χ4v) is 1.43. The quantitative estimate of drug-likeness (QED) is 0.692. The van der Waals surface area contributed by atoms with Crippen LogP contribution >= 0.6 is 0 Å². The van der Waals surface area contributed by atoms with Crippen molar-refractivity contribution in [1.82, 2.24) is 15.2 Å². The first kappa shape index (κ1) is 14.1. The van der Waals surface area contributed by atoms with Gasteiger partial charge in [0.2, 0.25) is 0 Å². The fraction of sp³-hybridized carbons (Fsp3) is 0.615. The summed E-state index contributed by atoms with van der Waals surface area (Å²) in [6.07, 6.45) is 1.82. The van der Waals surface area contributed by atoms with Crippen molar-refractivity contribution in [2.75, 3.05) is 40.4 Å². The lowest BCUT2D eigenvalue weighted by molar-refractivity contribution is 0.118. The summed E-state index contributed by atoms with van der Waals surface area (Å²) in [5, 5.41) is 3.39. The molecular weight excluding hydrogens is 214 g/mol. The van der Waals surface area contributed by atoms with Crippen LogP contribution in [0.15, 0.2) is 24.4 Å². The maximum Gasteiger partial charge on any atom is 0.0593 e. The summed E-state index contributed by atoms with van der Waals surface area (Å²) < 4.78 is 5.51. The summed E-state index contributed by atoms with van der Waals surface area (Å²) in [5.41, 5.74) is 1.07. The van der Waals surface area contributed by atoms with E-state index in [4.69, 9.17) is 4.74 Å². The van der Waals surface area contributed by atoms with Crippen molar-refractivity contribution in [2.45, 2.75) is 13.0 Å². The summed E-state index contributed by atoms with van der Waals surface area (Å²) in [6, 6.07) is 6.24. The van der Waals surface area contributed by atoms with Crippen molar-refractivity contribution in [3.63, 3.8) is 0 Å². The van der Waals surface area contributed by atoms with Crippen LogP contribution in [-0.2, 0) is 4.74 Å². The number of rotatable bonds is 8. The first-order chi connectivity index (χ1) is 8.20. The van der Waals surface area contributed by atoms with E-state index in [-0.39, 0.29) is 6.04 Å². The van der Waals surface area contributed by atoms with E-state index >= 15 is 0 Å². The molecule has 0 amide bonds. The minimum absolute atomic E-state index is 0.272. The van der Waals surface area contributed by atoms with E-state index < -0.39 is 0 Å². The normalized spacial score (nSPS) is 12.9. The number of ether oxygens (including phenoxy) is 1. The molecule has 0 aliphatic heterocycles. The molecule has 0 radical (unpaired) electrons. The van der Waals surface area contributed by atoms with Gasteiger partial charge in [0.1, 0.15) is 0 Å². The zero-order chi connectivity index (χ0) is 12.5. The van der Waals surface area contributed by atoms with Crippen molar-refractivity contribution < 1.29 is 4.74 Å². The molecule has 1 N–H and O–H groups in total. The first-order valence-corrected chi connectivity index (χ1v) is 6.07. The Morgan fingerprint density at radius 3 is 2.82 bits per heavy atom. The van der Waals surface area contributed by atoms with Crippen LogP contribution < -0.4 is 5.32 Å². The van der Waals surface area contributed by atoms with Crippen molar-refractivity contribution in [1.29, 1.82) is 0 Å². The number of nitrogens with zero attached hydrogens (tertiary/aromatic N) is 2. The minimum atomic E-state index is 0.272. The molecule has 0 spiro atoms. The summed E-state index contributed by atoms with van der Waals surface area (Å²) in [4.78, 5) is 6.42. The van der Waals surface area contributed by atoms with E-state index in [0.717, 1.165) is 32.0 Å². The zero-order valence-corrected chi connectivity index (χ0v) is 11.0. The van der Waals surface area contributed by atoms with Gasteiger partial charge in [-0.1, -0.05) is 6.07 Å². The summed E-state index contributed by atoms with van der Waals surface area (Å²) >= 11 is 0. The Labute approximate surface area is 104 Å². The highest BCUT2D eigenvalue weighted by Crippen LogP contribution is 2.06. The van der Waals surface area contributed by atoms with Crippen LogP contribution in [0, 0.1) is 0 Å². The Morgan fingerprint density at radius 2 is 2.18 bits per heavy atom. The van der Waals surface area contributed by atoms with E-state index in [1.54, 1.807) is 0 Å². The van der Waals surface area contributed by atoms with Gasteiger partial charge in [-0.25, -0.2) is 0 Å². The van der Waals surface area contributed by atoms with Crippen LogP contribution in [0.1, 0.15) is 18.7 Å². The molecule has 1 heterocycles. The number of likely N-dealkylation sites (N-methyl/N-ethyl adjacent to an activating group) is 1. The summed E-state index contributed by atoms with van der Waals surface area (Å²) in [5.74, 6) is 0. The molecule has 1 rings (SSSR count). The lowest BCUT2D eigenvalue weighted by Crippen LogP contribution is -2.25. The van der Waals surface area contributed by atoms with Gasteiger partial charge in [0, 0.05) is 25.3 Å². The summed E-state index contributed by atoms with van der Waals surface area (Å²) in [6.45, 7) is 5.46. The molecule has 0 aromatic carbocycles. The second-order valence-corrected chi connectivity index (χ2v) is 4.35. The van der Waals surface area contributed by atoms with Gasteiger partial charge in [0.15, 0.2) is 0 Å². The number of hydrogen-bond acceptors (Lipinski definition) is 4. The van der Waals surface area contributed by atoms with Gasteiger partial charge in [-0.15, -0.1) is 0 Å². The van der Waals surface area contributed by atoms with Crippen molar-refractivity contribution >= 4 is 0 Å². The molecule has 1 aromatic rings. The molecule has 1 unspecified atom stereocenters. The number of aromatic nitrogens is 1.